The molecule has 0 aliphatic rings. The molecule has 1 radical (unpaired) electrons. The lowest BCUT2D eigenvalue weighted by Crippen LogP contribution is -1.88. The van der Waals surface area contributed by atoms with E-state index in [1.165, 1.54) is 0 Å². The molecular weight excluding hydrogens is 126 g/mol. The fourth-order valence-corrected chi connectivity index (χ4v) is 0.834. The van der Waals surface area contributed by atoms with Gasteiger partial charge in [0.15, 0.2) is 6.33 Å². The summed E-state index contributed by atoms with van der Waals surface area (Å²) in [5.41, 5.74) is 0. The summed E-state index contributed by atoms with van der Waals surface area (Å²) in [5, 5.41) is 0. The zero-order valence-electron chi connectivity index (χ0n) is 5.28. The van der Waals surface area contributed by atoms with Crippen LogP contribution in [0.2, 0.25) is 0 Å². The average Bonchev–Trinajstić information content (AvgIpc) is 2.59. The van der Waals surface area contributed by atoms with Crippen molar-refractivity contribution in [1.29, 1.82) is 0 Å². The van der Waals surface area contributed by atoms with E-state index in [9.17, 15) is 0 Å². The average molecular weight is 132 g/mol. The van der Waals surface area contributed by atoms with Crippen LogP contribution in [0.3, 0.4) is 0 Å². The van der Waals surface area contributed by atoms with Gasteiger partial charge in [0, 0.05) is 18.6 Å². The van der Waals surface area contributed by atoms with Crippen LogP contribution in [0.5, 0.6) is 0 Å². The zero-order valence-corrected chi connectivity index (χ0v) is 5.28. The van der Waals surface area contributed by atoms with Crippen LogP contribution in [0, 0.1) is 6.33 Å². The van der Waals surface area contributed by atoms with Crippen LogP contribution < -0.4 is 0 Å². The number of nitrogens with one attached hydrogen (secondary N) is 1. The maximum atomic E-state index is 3.80. The molecule has 0 atom stereocenters. The van der Waals surface area contributed by atoms with Crippen molar-refractivity contribution in [2.75, 3.05) is 0 Å². The highest BCUT2D eigenvalue weighted by molar-refractivity contribution is 5.21. The quantitative estimate of drug-likeness (QED) is 0.617. The monoisotopic (exact) mass is 132 g/mol. The summed E-state index contributed by atoms with van der Waals surface area (Å²) in [5.74, 6) is 0.984. The second kappa shape index (κ2) is 2.02. The van der Waals surface area contributed by atoms with E-state index in [1.807, 2.05) is 24.5 Å². The van der Waals surface area contributed by atoms with Gasteiger partial charge in [-0.15, -0.1) is 0 Å². The van der Waals surface area contributed by atoms with E-state index in [-0.39, 0.29) is 0 Å². The largest absolute Gasteiger partial charge is 0.348 e. The van der Waals surface area contributed by atoms with Crippen molar-refractivity contribution in [3.8, 4) is 5.82 Å². The topological polar surface area (TPSA) is 33.6 Å². The van der Waals surface area contributed by atoms with Crippen LogP contribution >= 0.6 is 0 Å². The van der Waals surface area contributed by atoms with Crippen LogP contribution in [0.15, 0.2) is 30.7 Å². The van der Waals surface area contributed by atoms with E-state index in [4.69, 9.17) is 0 Å². The molecule has 2 aromatic rings. The first-order valence-corrected chi connectivity index (χ1v) is 3.01. The molecule has 0 aliphatic carbocycles. The van der Waals surface area contributed by atoms with Crippen molar-refractivity contribution in [2.24, 2.45) is 0 Å². The van der Waals surface area contributed by atoms with Gasteiger partial charge in [-0.1, -0.05) is 0 Å². The van der Waals surface area contributed by atoms with E-state index < -0.39 is 0 Å². The Bertz CT molecular complexity index is 248. The van der Waals surface area contributed by atoms with Crippen LogP contribution in [0.4, 0.5) is 0 Å². The minimum atomic E-state index is 0.984. The molecule has 0 aromatic carbocycles. The highest BCUT2D eigenvalue weighted by Gasteiger charge is 1.92. The molecule has 0 aliphatic heterocycles. The van der Waals surface area contributed by atoms with Gasteiger partial charge < -0.3 is 4.98 Å². The number of rotatable bonds is 1. The van der Waals surface area contributed by atoms with Crippen molar-refractivity contribution < 1.29 is 0 Å². The number of nitrogens with zero attached hydrogens (tertiary/aromatic N) is 2. The SMILES string of the molecule is [c]1nccn1-c1ccc[nH]1. The lowest BCUT2D eigenvalue weighted by Gasteiger charge is -1.92. The van der Waals surface area contributed by atoms with Gasteiger partial charge in [0.2, 0.25) is 0 Å². The Morgan fingerprint density at radius 1 is 1.60 bits per heavy atom. The Morgan fingerprint density at radius 3 is 3.20 bits per heavy atom. The number of H-pyrrole nitrogens is 1. The molecule has 1 N–H and O–H groups in total. The number of aromatic amines is 1. The molecule has 3 nitrogen and oxygen atoms in total. The van der Waals surface area contributed by atoms with Crippen molar-refractivity contribution in [2.45, 2.75) is 0 Å². The molecule has 0 spiro atoms. The number of hydrogen-bond donors (Lipinski definition) is 1. The fourth-order valence-electron chi connectivity index (χ4n) is 0.834. The minimum Gasteiger partial charge on any atom is -0.348 e. The van der Waals surface area contributed by atoms with Crippen LogP contribution in [0.25, 0.3) is 5.82 Å². The van der Waals surface area contributed by atoms with Crippen LogP contribution in [-0.2, 0) is 0 Å². The van der Waals surface area contributed by atoms with Crippen molar-refractivity contribution in [1.82, 2.24) is 14.5 Å². The maximum absolute atomic E-state index is 3.80. The number of hydrogen-bond acceptors (Lipinski definition) is 1. The molecule has 2 aromatic heterocycles. The first kappa shape index (κ1) is 5.29. The first-order chi connectivity index (χ1) is 4.97. The smallest absolute Gasteiger partial charge is 0.182 e. The van der Waals surface area contributed by atoms with Crippen LogP contribution in [-0.4, -0.2) is 14.5 Å². The van der Waals surface area contributed by atoms with Crippen molar-refractivity contribution in [3.63, 3.8) is 0 Å². The third-order valence-electron chi connectivity index (χ3n) is 1.30. The fraction of sp³-hybridized carbons (Fsp3) is 0. The summed E-state index contributed by atoms with van der Waals surface area (Å²) < 4.78 is 1.79. The van der Waals surface area contributed by atoms with E-state index in [0.29, 0.717) is 0 Å². The predicted molar refractivity (Wildman–Crippen MR) is 36.8 cm³/mol. The lowest BCUT2D eigenvalue weighted by atomic mass is 10.6. The predicted octanol–water partition coefficient (Wildman–Crippen LogP) is 1.00. The van der Waals surface area contributed by atoms with Gasteiger partial charge in [0.05, 0.1) is 0 Å². The Kier molecular flexibility index (Phi) is 1.07. The maximum Gasteiger partial charge on any atom is 0.182 e. The van der Waals surface area contributed by atoms with E-state index in [0.717, 1.165) is 5.82 Å². The lowest BCUT2D eigenvalue weighted by molar-refractivity contribution is 0.999. The third kappa shape index (κ3) is 0.719. The molecule has 2 rings (SSSR count). The molecule has 49 valence electrons. The van der Waals surface area contributed by atoms with Gasteiger partial charge in [-0.3, -0.25) is 4.57 Å². The summed E-state index contributed by atoms with van der Waals surface area (Å²) in [6, 6.07) is 3.89. The van der Waals surface area contributed by atoms with Gasteiger partial charge in [0.25, 0.3) is 0 Å². The molecule has 3 heteroatoms. The Balaban J connectivity index is 2.48. The highest BCUT2D eigenvalue weighted by atomic mass is 15.1. The second-order valence-corrected chi connectivity index (χ2v) is 1.95. The van der Waals surface area contributed by atoms with Crippen molar-refractivity contribution >= 4 is 0 Å². The van der Waals surface area contributed by atoms with Crippen molar-refractivity contribution in [3.05, 3.63) is 37.1 Å². The summed E-state index contributed by atoms with van der Waals surface area (Å²) in [6.07, 6.45) is 8.17. The van der Waals surface area contributed by atoms with Gasteiger partial charge in [-0.05, 0) is 12.1 Å². The summed E-state index contributed by atoms with van der Waals surface area (Å²) in [7, 11) is 0. The van der Waals surface area contributed by atoms with Gasteiger partial charge in [0.1, 0.15) is 5.82 Å². The van der Waals surface area contributed by atoms with E-state index in [2.05, 4.69) is 16.3 Å². The Labute approximate surface area is 58.3 Å². The molecule has 0 unspecified atom stereocenters. The molecule has 0 saturated carbocycles. The van der Waals surface area contributed by atoms with Gasteiger partial charge in [-0.2, -0.15) is 0 Å². The minimum absolute atomic E-state index is 0.984. The highest BCUT2D eigenvalue weighted by Crippen LogP contribution is 2.00. The molecule has 0 bridgehead atoms. The summed E-state index contributed by atoms with van der Waals surface area (Å²) >= 11 is 0. The van der Waals surface area contributed by atoms with Gasteiger partial charge >= 0.3 is 0 Å². The molecule has 0 fully saturated rings. The van der Waals surface area contributed by atoms with Gasteiger partial charge in [-0.25, -0.2) is 4.98 Å². The molecule has 10 heavy (non-hydrogen) atoms. The molecular formula is C7H6N3. The number of aromatic nitrogens is 3. The Morgan fingerprint density at radius 2 is 2.60 bits per heavy atom. The molecule has 0 saturated heterocycles. The number of imidazole rings is 1. The summed E-state index contributed by atoms with van der Waals surface area (Å²) in [6.45, 7) is 0. The normalized spacial score (nSPS) is 10.0. The molecule has 0 amide bonds. The Hall–Kier alpha value is -1.51. The third-order valence-corrected chi connectivity index (χ3v) is 1.30. The zero-order chi connectivity index (χ0) is 6.81. The summed E-state index contributed by atoms with van der Waals surface area (Å²) in [4.78, 5) is 6.83. The standard InChI is InChI=1S/C7H6N3/c1-2-7(9-3-1)10-5-4-8-6-10/h1-5,9H. The second-order valence-electron chi connectivity index (χ2n) is 1.95. The molecule has 2 heterocycles. The van der Waals surface area contributed by atoms with E-state index in [1.54, 1.807) is 10.8 Å². The van der Waals surface area contributed by atoms with Crippen LogP contribution in [0.1, 0.15) is 0 Å². The first-order valence-electron chi connectivity index (χ1n) is 3.01. The van der Waals surface area contributed by atoms with E-state index >= 15 is 0 Å².